The predicted octanol–water partition coefficient (Wildman–Crippen LogP) is 7.68. The molecule has 15 nitrogen and oxygen atoms in total. The van der Waals surface area contributed by atoms with Crippen molar-refractivity contribution < 1.29 is 48.8 Å². The molecule has 1 fully saturated rings. The van der Waals surface area contributed by atoms with Crippen LogP contribution in [0.1, 0.15) is 54.6 Å². The van der Waals surface area contributed by atoms with E-state index in [0.29, 0.717) is 5.92 Å². The fraction of sp³-hybridized carbons (Fsp3) is 0.250. The van der Waals surface area contributed by atoms with Gasteiger partial charge >= 0.3 is 11.9 Å². The Balaban J connectivity index is 1.34. The normalized spacial score (nSPS) is 18.3. The molecule has 0 radical (unpaired) electrons. The fourth-order valence-electron chi connectivity index (χ4n) is 5.39. The van der Waals surface area contributed by atoms with Gasteiger partial charge in [0.1, 0.15) is 35.5 Å². The Bertz CT molecular complexity index is 2250. The minimum Gasteiger partial charge on any atom is -0.508 e. The van der Waals surface area contributed by atoms with Crippen molar-refractivity contribution in [1.29, 1.82) is 0 Å². The summed E-state index contributed by atoms with van der Waals surface area (Å²) in [7, 11) is 0. The number of anilines is 1. The number of phenolic OH excluding ortho intramolecular Hbond substituents is 1. The Labute approximate surface area is 344 Å². The number of hydrogen-bond acceptors (Lipinski definition) is 16. The molecule has 1 aliphatic rings. The predicted molar refractivity (Wildman–Crippen MR) is 226 cm³/mol. The number of aromatic hydroxyl groups is 1. The summed E-state index contributed by atoms with van der Waals surface area (Å²) in [6.07, 6.45) is -1.67. The second kappa shape index (κ2) is 18.8. The molecule has 0 bridgehead atoms. The fourth-order valence-corrected chi connectivity index (χ4v) is 47.7. The zero-order chi connectivity index (χ0) is 41.5. The molecular formula is C36H35N3O12P2S4. The van der Waals surface area contributed by atoms with Crippen LogP contribution in [0.25, 0.3) is 0 Å². The van der Waals surface area contributed by atoms with E-state index in [9.17, 15) is 39.7 Å². The lowest BCUT2D eigenvalue weighted by atomic mass is 9.96. The van der Waals surface area contributed by atoms with Crippen LogP contribution in [-0.2, 0) is 49.3 Å². The lowest BCUT2D eigenvalue weighted by Crippen LogP contribution is -2.29. The summed E-state index contributed by atoms with van der Waals surface area (Å²) in [6, 6.07) is 25.0. The topological polar surface area (TPSA) is 207 Å². The SMILES string of the molecule is CC(C)Cc1ccc(C(C)C(=O)Nc2ccc(OC(=O)CC(CO[N+](=O)[O-])O[N+](=O)[O-])c(C(=O)Oc3ccc(P4(=S)SP(=S)(c5ccc(O)cc5)S4)cc3)c2)cc1. The minimum atomic E-state index is -2.16. The van der Waals surface area contributed by atoms with Crippen molar-refractivity contribution in [3.8, 4) is 17.2 Å². The Morgan fingerprint density at radius 3 is 1.98 bits per heavy atom. The van der Waals surface area contributed by atoms with Gasteiger partial charge in [0, 0.05) is 16.3 Å². The molecule has 2 unspecified atom stereocenters. The van der Waals surface area contributed by atoms with Gasteiger partial charge < -0.3 is 29.6 Å². The van der Waals surface area contributed by atoms with Crippen molar-refractivity contribution >= 4 is 88.6 Å². The third-order valence-corrected chi connectivity index (χ3v) is 39.4. The lowest BCUT2D eigenvalue weighted by Gasteiger charge is -2.40. The van der Waals surface area contributed by atoms with Crippen LogP contribution in [0.3, 0.4) is 0 Å². The van der Waals surface area contributed by atoms with Gasteiger partial charge in [0.2, 0.25) is 5.91 Å². The van der Waals surface area contributed by atoms with E-state index in [-0.39, 0.29) is 34.4 Å². The van der Waals surface area contributed by atoms with Gasteiger partial charge in [-0.2, -0.15) is 0 Å². The molecule has 2 N–H and O–H groups in total. The van der Waals surface area contributed by atoms with E-state index in [4.69, 9.17) is 33.1 Å². The molecule has 0 aromatic heterocycles. The van der Waals surface area contributed by atoms with Crippen LogP contribution in [-0.4, -0.2) is 45.8 Å². The number of esters is 2. The molecule has 300 valence electrons. The van der Waals surface area contributed by atoms with Crippen LogP contribution in [0.2, 0.25) is 0 Å². The first-order valence-electron chi connectivity index (χ1n) is 17.0. The maximum absolute atomic E-state index is 13.7. The monoisotopic (exact) mass is 891 g/mol. The van der Waals surface area contributed by atoms with E-state index in [0.717, 1.165) is 28.2 Å². The number of carbonyl (C=O) groups excluding carboxylic acids is 3. The number of carbonyl (C=O) groups is 3. The molecule has 2 atom stereocenters. The maximum Gasteiger partial charge on any atom is 0.347 e. The summed E-state index contributed by atoms with van der Waals surface area (Å²) in [5.41, 5.74) is 1.78. The molecule has 0 saturated carbocycles. The van der Waals surface area contributed by atoms with Crippen LogP contribution in [0.4, 0.5) is 5.69 Å². The molecular weight excluding hydrogens is 857 g/mol. The summed E-state index contributed by atoms with van der Waals surface area (Å²) in [5, 5.41) is 33.3. The number of ether oxygens (including phenoxy) is 2. The number of nitrogens with one attached hydrogen (secondary N) is 1. The average molecular weight is 892 g/mol. The summed E-state index contributed by atoms with van der Waals surface area (Å²) >= 11 is 15.1. The number of nitrogens with zero attached hydrogens (tertiary/aromatic N) is 2. The molecule has 0 aliphatic carbocycles. The van der Waals surface area contributed by atoms with Gasteiger partial charge in [-0.3, -0.25) is 9.59 Å². The third kappa shape index (κ3) is 11.8. The number of rotatable bonds is 17. The summed E-state index contributed by atoms with van der Waals surface area (Å²) in [5.74, 6) is -2.70. The molecule has 57 heavy (non-hydrogen) atoms. The second-order valence-corrected chi connectivity index (χ2v) is 34.3. The largest absolute Gasteiger partial charge is 0.508 e. The first-order chi connectivity index (χ1) is 26.9. The molecule has 1 saturated heterocycles. The molecule has 1 aliphatic heterocycles. The van der Waals surface area contributed by atoms with Crippen LogP contribution in [0.15, 0.2) is 91.0 Å². The Hall–Kier alpha value is -4.51. The van der Waals surface area contributed by atoms with Crippen molar-refractivity contribution in [2.24, 2.45) is 5.92 Å². The van der Waals surface area contributed by atoms with Gasteiger partial charge in [-0.05, 0) is 97.1 Å². The van der Waals surface area contributed by atoms with Crippen LogP contribution in [0, 0.1) is 26.1 Å². The van der Waals surface area contributed by atoms with Crippen LogP contribution >= 0.6 is 30.9 Å². The molecule has 4 aromatic rings. The Morgan fingerprint density at radius 2 is 1.42 bits per heavy atom. The van der Waals surface area contributed by atoms with Crippen LogP contribution in [0.5, 0.6) is 17.2 Å². The van der Waals surface area contributed by atoms with Crippen molar-refractivity contribution in [2.75, 3.05) is 11.9 Å². The maximum atomic E-state index is 13.7. The molecule has 4 aromatic carbocycles. The minimum absolute atomic E-state index is 0.122. The average Bonchev–Trinajstić information content (AvgIpc) is 3.13. The number of amides is 1. The molecule has 0 spiro atoms. The van der Waals surface area contributed by atoms with E-state index < -0.39 is 56.0 Å². The van der Waals surface area contributed by atoms with Gasteiger partial charge in [0.25, 0.3) is 10.2 Å². The van der Waals surface area contributed by atoms with E-state index in [1.54, 1.807) is 77.5 Å². The van der Waals surface area contributed by atoms with Crippen molar-refractivity contribution in [3.63, 3.8) is 0 Å². The Morgan fingerprint density at radius 1 is 0.825 bits per heavy atom. The van der Waals surface area contributed by atoms with Gasteiger partial charge in [-0.25, -0.2) is 4.79 Å². The first kappa shape index (κ1) is 43.6. The summed E-state index contributed by atoms with van der Waals surface area (Å²) in [6.45, 7) is 5.01. The second-order valence-electron chi connectivity index (χ2n) is 13.0. The van der Waals surface area contributed by atoms with Gasteiger partial charge in [0.05, 0.1) is 21.2 Å². The highest BCUT2D eigenvalue weighted by Gasteiger charge is 2.46. The molecule has 1 heterocycles. The first-order valence-corrected chi connectivity index (χ1v) is 26.7. The van der Waals surface area contributed by atoms with Gasteiger partial charge in [0.15, 0.2) is 0 Å². The smallest absolute Gasteiger partial charge is 0.347 e. The zero-order valence-corrected chi connectivity index (χ0v) is 35.4. The van der Waals surface area contributed by atoms with Crippen LogP contribution < -0.4 is 25.4 Å². The molecule has 5 rings (SSSR count). The highest BCUT2D eigenvalue weighted by Crippen LogP contribution is 3.04. The summed E-state index contributed by atoms with van der Waals surface area (Å²) in [4.78, 5) is 69.9. The summed E-state index contributed by atoms with van der Waals surface area (Å²) < 4.78 is 6.82. The van der Waals surface area contributed by atoms with Crippen molar-refractivity contribution in [3.05, 3.63) is 128 Å². The number of benzene rings is 4. The molecule has 1 amide bonds. The number of phenols is 1. The molecule has 21 heteroatoms. The lowest BCUT2D eigenvalue weighted by molar-refractivity contribution is -0.789. The van der Waals surface area contributed by atoms with Crippen molar-refractivity contribution in [2.45, 2.75) is 45.6 Å². The highest BCUT2D eigenvalue weighted by atomic mass is 33.7. The number of hydrogen-bond donors (Lipinski definition) is 2. The van der Waals surface area contributed by atoms with E-state index in [1.165, 1.54) is 18.2 Å². The van der Waals surface area contributed by atoms with Crippen molar-refractivity contribution in [1.82, 2.24) is 0 Å². The van der Waals surface area contributed by atoms with E-state index in [1.807, 2.05) is 24.3 Å². The van der Waals surface area contributed by atoms with E-state index in [2.05, 4.69) is 28.8 Å². The quantitative estimate of drug-likeness (QED) is 0.0343. The van der Waals surface area contributed by atoms with Gasteiger partial charge in [-0.1, -0.05) is 83.7 Å². The standard InChI is InChI=1S/C36H35N3O12P2S4/c1-22(2)18-24-4-6-25(7-5-24)23(3)35(42)37-26-8-17-33(50-34(41)20-29(51-39(46)47)21-48-38(44)45)32(19-26)36(43)49-28-11-15-31(16-12-28)53(55)56-52(54,57-53)30-13-9-27(40)10-14-30/h4-17,19,22-23,29,40H,18,20-21H2,1-3H3,(H,37,42). The third-order valence-electron chi connectivity index (χ3n) is 8.16. The highest BCUT2D eigenvalue weighted by molar-refractivity contribution is 9.48. The Kier molecular flexibility index (Phi) is 14.4. The van der Waals surface area contributed by atoms with Gasteiger partial charge in [-0.15, -0.1) is 20.2 Å². The zero-order valence-electron chi connectivity index (χ0n) is 30.4. The van der Waals surface area contributed by atoms with E-state index >= 15 is 0 Å².